The van der Waals surface area contributed by atoms with Gasteiger partial charge in [0.2, 0.25) is 0 Å². The standard InChI is InChI=1S/C16H21ClN2/c1-4-16(3,5-2)19-11-12-8-9-14(17)13-7-6-10-18-15(12)13/h6-10,19H,4-5,11H2,1-3H3. The van der Waals surface area contributed by atoms with Crippen LogP contribution in [0.1, 0.15) is 39.2 Å². The molecule has 0 aliphatic heterocycles. The van der Waals surface area contributed by atoms with Crippen LogP contribution in [0.3, 0.4) is 0 Å². The molecular weight excluding hydrogens is 256 g/mol. The molecule has 0 unspecified atom stereocenters. The van der Waals surface area contributed by atoms with Crippen LogP contribution >= 0.6 is 11.6 Å². The van der Waals surface area contributed by atoms with E-state index in [4.69, 9.17) is 11.6 Å². The minimum Gasteiger partial charge on any atom is -0.307 e. The molecule has 0 aliphatic carbocycles. The summed E-state index contributed by atoms with van der Waals surface area (Å²) in [5.74, 6) is 0. The van der Waals surface area contributed by atoms with Gasteiger partial charge in [0.1, 0.15) is 0 Å². The van der Waals surface area contributed by atoms with E-state index in [1.807, 2.05) is 24.4 Å². The van der Waals surface area contributed by atoms with E-state index in [9.17, 15) is 0 Å². The van der Waals surface area contributed by atoms with E-state index in [-0.39, 0.29) is 5.54 Å². The number of benzene rings is 1. The monoisotopic (exact) mass is 276 g/mol. The summed E-state index contributed by atoms with van der Waals surface area (Å²) in [5.41, 5.74) is 2.38. The number of halogens is 1. The molecule has 2 nitrogen and oxygen atoms in total. The Morgan fingerprint density at radius 3 is 2.63 bits per heavy atom. The van der Waals surface area contributed by atoms with Gasteiger partial charge < -0.3 is 5.32 Å². The van der Waals surface area contributed by atoms with Crippen LogP contribution in [0.4, 0.5) is 0 Å². The van der Waals surface area contributed by atoms with Gasteiger partial charge in [-0.3, -0.25) is 4.98 Å². The molecule has 1 aromatic heterocycles. The second-order valence-electron chi connectivity index (χ2n) is 5.23. The van der Waals surface area contributed by atoms with E-state index in [0.29, 0.717) is 0 Å². The topological polar surface area (TPSA) is 24.9 Å². The highest BCUT2D eigenvalue weighted by Crippen LogP contribution is 2.25. The molecule has 19 heavy (non-hydrogen) atoms. The number of nitrogens with one attached hydrogen (secondary N) is 1. The van der Waals surface area contributed by atoms with Crippen molar-refractivity contribution in [2.24, 2.45) is 0 Å². The summed E-state index contributed by atoms with van der Waals surface area (Å²) in [7, 11) is 0. The first kappa shape index (κ1) is 14.3. The number of fused-ring (bicyclic) bond motifs is 1. The van der Waals surface area contributed by atoms with Gasteiger partial charge in [-0.15, -0.1) is 0 Å². The molecule has 0 radical (unpaired) electrons. The normalized spacial score (nSPS) is 12.0. The molecule has 0 amide bonds. The Bertz CT molecular complexity index is 562. The molecule has 1 N–H and O–H groups in total. The quantitative estimate of drug-likeness (QED) is 0.866. The Morgan fingerprint density at radius 2 is 1.95 bits per heavy atom. The molecule has 0 atom stereocenters. The summed E-state index contributed by atoms with van der Waals surface area (Å²) >= 11 is 6.21. The number of aromatic nitrogens is 1. The van der Waals surface area contributed by atoms with E-state index in [1.165, 1.54) is 5.56 Å². The van der Waals surface area contributed by atoms with Crippen LogP contribution in [-0.2, 0) is 6.54 Å². The van der Waals surface area contributed by atoms with E-state index in [1.54, 1.807) is 0 Å². The van der Waals surface area contributed by atoms with E-state index >= 15 is 0 Å². The molecule has 2 rings (SSSR count). The van der Waals surface area contributed by atoms with Crippen LogP contribution in [0.5, 0.6) is 0 Å². The fourth-order valence-electron chi connectivity index (χ4n) is 2.15. The average Bonchev–Trinajstić information content (AvgIpc) is 2.46. The zero-order chi connectivity index (χ0) is 13.9. The van der Waals surface area contributed by atoms with Gasteiger partial charge in [0.25, 0.3) is 0 Å². The van der Waals surface area contributed by atoms with Crippen molar-refractivity contribution in [3.63, 3.8) is 0 Å². The SMILES string of the molecule is CCC(C)(CC)NCc1ccc(Cl)c2cccnc12. The number of pyridine rings is 1. The minimum absolute atomic E-state index is 0.181. The fourth-order valence-corrected chi connectivity index (χ4v) is 2.36. The molecule has 0 aliphatic rings. The Labute approximate surface area is 120 Å². The molecule has 0 saturated carbocycles. The summed E-state index contributed by atoms with van der Waals surface area (Å²) < 4.78 is 0. The predicted octanol–water partition coefficient (Wildman–Crippen LogP) is 4.56. The lowest BCUT2D eigenvalue weighted by molar-refractivity contribution is 0.330. The highest BCUT2D eigenvalue weighted by Gasteiger charge is 2.18. The Hall–Kier alpha value is -1.12. The van der Waals surface area contributed by atoms with Gasteiger partial charge in [0, 0.05) is 28.7 Å². The third-order valence-electron chi connectivity index (χ3n) is 4.07. The zero-order valence-corrected chi connectivity index (χ0v) is 12.6. The summed E-state index contributed by atoms with van der Waals surface area (Å²) in [5, 5.41) is 5.43. The Kier molecular flexibility index (Phi) is 4.43. The van der Waals surface area contributed by atoms with Gasteiger partial charge in [-0.05, 0) is 43.5 Å². The summed E-state index contributed by atoms with van der Waals surface area (Å²) in [4.78, 5) is 4.47. The van der Waals surface area contributed by atoms with Crippen molar-refractivity contribution in [2.45, 2.75) is 45.7 Å². The van der Waals surface area contributed by atoms with Gasteiger partial charge >= 0.3 is 0 Å². The van der Waals surface area contributed by atoms with Crippen molar-refractivity contribution in [2.75, 3.05) is 0 Å². The smallest absolute Gasteiger partial charge is 0.0761 e. The van der Waals surface area contributed by atoms with Crippen LogP contribution < -0.4 is 5.32 Å². The van der Waals surface area contributed by atoms with Crippen molar-refractivity contribution < 1.29 is 0 Å². The van der Waals surface area contributed by atoms with Crippen LogP contribution in [0, 0.1) is 0 Å². The van der Waals surface area contributed by atoms with Crippen LogP contribution in [0.25, 0.3) is 10.9 Å². The van der Waals surface area contributed by atoms with Gasteiger partial charge in [0.05, 0.1) is 5.52 Å². The van der Waals surface area contributed by atoms with Crippen LogP contribution in [0.15, 0.2) is 30.5 Å². The van der Waals surface area contributed by atoms with Crippen molar-refractivity contribution in [3.8, 4) is 0 Å². The largest absolute Gasteiger partial charge is 0.307 e. The first-order valence-electron chi connectivity index (χ1n) is 6.87. The molecule has 2 aromatic rings. The fraction of sp³-hybridized carbons (Fsp3) is 0.438. The van der Waals surface area contributed by atoms with E-state index in [0.717, 1.165) is 35.3 Å². The Balaban J connectivity index is 2.29. The molecule has 3 heteroatoms. The zero-order valence-electron chi connectivity index (χ0n) is 11.8. The molecule has 0 spiro atoms. The second kappa shape index (κ2) is 5.89. The van der Waals surface area contributed by atoms with Gasteiger partial charge in [-0.25, -0.2) is 0 Å². The molecule has 1 aromatic carbocycles. The van der Waals surface area contributed by atoms with Crippen LogP contribution in [0.2, 0.25) is 5.02 Å². The van der Waals surface area contributed by atoms with Gasteiger partial charge in [0.15, 0.2) is 0 Å². The van der Waals surface area contributed by atoms with Crippen molar-refractivity contribution in [1.82, 2.24) is 10.3 Å². The van der Waals surface area contributed by atoms with Gasteiger partial charge in [-0.1, -0.05) is 31.5 Å². The maximum atomic E-state index is 6.21. The summed E-state index contributed by atoms with van der Waals surface area (Å²) in [6.07, 6.45) is 4.05. The average molecular weight is 277 g/mol. The van der Waals surface area contributed by atoms with Crippen molar-refractivity contribution >= 4 is 22.5 Å². The molecule has 0 saturated heterocycles. The predicted molar refractivity (Wildman–Crippen MR) is 82.6 cm³/mol. The molecule has 0 fully saturated rings. The third kappa shape index (κ3) is 3.07. The minimum atomic E-state index is 0.181. The van der Waals surface area contributed by atoms with Crippen molar-refractivity contribution in [3.05, 3.63) is 41.0 Å². The molecule has 1 heterocycles. The third-order valence-corrected chi connectivity index (χ3v) is 4.40. The summed E-state index contributed by atoms with van der Waals surface area (Å²) in [6, 6.07) is 7.97. The van der Waals surface area contributed by atoms with E-state index < -0.39 is 0 Å². The maximum absolute atomic E-state index is 6.21. The van der Waals surface area contributed by atoms with Crippen LogP contribution in [-0.4, -0.2) is 10.5 Å². The molecular formula is C16H21ClN2. The molecule has 102 valence electrons. The number of rotatable bonds is 5. The Morgan fingerprint density at radius 1 is 1.21 bits per heavy atom. The van der Waals surface area contributed by atoms with Gasteiger partial charge in [-0.2, -0.15) is 0 Å². The maximum Gasteiger partial charge on any atom is 0.0761 e. The first-order chi connectivity index (χ1) is 9.09. The highest BCUT2D eigenvalue weighted by atomic mass is 35.5. The summed E-state index contributed by atoms with van der Waals surface area (Å²) in [6.45, 7) is 7.52. The number of hydrogen-bond acceptors (Lipinski definition) is 2. The highest BCUT2D eigenvalue weighted by molar-refractivity contribution is 6.35. The molecule has 0 bridgehead atoms. The number of hydrogen-bond donors (Lipinski definition) is 1. The lowest BCUT2D eigenvalue weighted by Gasteiger charge is -2.28. The second-order valence-corrected chi connectivity index (χ2v) is 5.63. The number of nitrogens with zero attached hydrogens (tertiary/aromatic N) is 1. The lowest BCUT2D eigenvalue weighted by atomic mass is 9.95. The lowest BCUT2D eigenvalue weighted by Crippen LogP contribution is -2.40. The van der Waals surface area contributed by atoms with Crippen molar-refractivity contribution in [1.29, 1.82) is 0 Å². The first-order valence-corrected chi connectivity index (χ1v) is 7.24. The van der Waals surface area contributed by atoms with E-state index in [2.05, 4.69) is 37.1 Å².